The SMILES string of the molecule is N#CCCO[P+](=O)OC1COCC1F. The maximum Gasteiger partial charge on any atom is 0.697 e. The van der Waals surface area contributed by atoms with E-state index >= 15 is 0 Å². The van der Waals surface area contributed by atoms with Gasteiger partial charge in [-0.2, -0.15) is 5.26 Å². The average molecular weight is 222 g/mol. The quantitative estimate of drug-likeness (QED) is 0.518. The maximum absolute atomic E-state index is 12.9. The van der Waals surface area contributed by atoms with Crippen LogP contribution < -0.4 is 0 Å². The molecule has 3 unspecified atom stereocenters. The standard InChI is InChI=1S/C7H10FNO4P/c8-6-4-11-5-7(6)13-14(10)12-3-1-2-9/h6-7H,1,3-5H2/q+1. The van der Waals surface area contributed by atoms with Gasteiger partial charge in [-0.15, -0.1) is 9.05 Å². The topological polar surface area (TPSA) is 68.5 Å². The third kappa shape index (κ3) is 3.64. The van der Waals surface area contributed by atoms with E-state index in [4.69, 9.17) is 14.5 Å². The number of alkyl halides is 1. The summed E-state index contributed by atoms with van der Waals surface area (Å²) in [6, 6.07) is 1.82. The molecule has 1 fully saturated rings. The summed E-state index contributed by atoms with van der Waals surface area (Å²) in [6.45, 7) is 0.0755. The zero-order valence-corrected chi connectivity index (χ0v) is 8.28. The number of hydrogen-bond donors (Lipinski definition) is 0. The van der Waals surface area contributed by atoms with Crippen molar-refractivity contribution < 1.29 is 22.7 Å². The first-order valence-electron chi connectivity index (χ1n) is 4.09. The molecular weight excluding hydrogens is 212 g/mol. The van der Waals surface area contributed by atoms with Crippen molar-refractivity contribution in [3.8, 4) is 6.07 Å². The van der Waals surface area contributed by atoms with Crippen molar-refractivity contribution >= 4 is 8.25 Å². The summed E-state index contributed by atoms with van der Waals surface area (Å²) in [5.41, 5.74) is 0. The lowest BCUT2D eigenvalue weighted by Crippen LogP contribution is -2.20. The number of nitriles is 1. The first kappa shape index (κ1) is 11.5. The molecular formula is C7H10FNO4P+. The van der Waals surface area contributed by atoms with Crippen molar-refractivity contribution in [2.45, 2.75) is 18.7 Å². The van der Waals surface area contributed by atoms with E-state index in [2.05, 4.69) is 4.52 Å². The fourth-order valence-corrected chi connectivity index (χ4v) is 1.63. The summed E-state index contributed by atoms with van der Waals surface area (Å²) >= 11 is 0. The van der Waals surface area contributed by atoms with Crippen LogP contribution in [0.3, 0.4) is 0 Å². The number of hydrogen-bond acceptors (Lipinski definition) is 5. The third-order valence-corrected chi connectivity index (χ3v) is 2.43. The smallest absolute Gasteiger partial charge is 0.375 e. The predicted octanol–water partition coefficient (Wildman–Crippen LogP) is 1.33. The van der Waals surface area contributed by atoms with Gasteiger partial charge in [0.15, 0.2) is 12.3 Å². The van der Waals surface area contributed by atoms with Crippen LogP contribution in [0, 0.1) is 11.3 Å². The van der Waals surface area contributed by atoms with Crippen LogP contribution in [0.15, 0.2) is 0 Å². The molecule has 0 radical (unpaired) electrons. The lowest BCUT2D eigenvalue weighted by molar-refractivity contribution is 0.112. The van der Waals surface area contributed by atoms with Crippen molar-refractivity contribution in [2.24, 2.45) is 0 Å². The summed E-state index contributed by atoms with van der Waals surface area (Å²) in [4.78, 5) is 0. The van der Waals surface area contributed by atoms with Crippen molar-refractivity contribution in [1.82, 2.24) is 0 Å². The van der Waals surface area contributed by atoms with E-state index in [0.29, 0.717) is 0 Å². The Balaban J connectivity index is 2.17. The van der Waals surface area contributed by atoms with E-state index in [1.54, 1.807) is 0 Å². The van der Waals surface area contributed by atoms with Crippen molar-refractivity contribution in [1.29, 1.82) is 5.26 Å². The lowest BCUT2D eigenvalue weighted by Gasteiger charge is -2.00. The molecule has 1 rings (SSSR count). The lowest BCUT2D eigenvalue weighted by atomic mass is 10.3. The molecule has 7 heteroatoms. The van der Waals surface area contributed by atoms with Gasteiger partial charge in [0.05, 0.1) is 25.7 Å². The average Bonchev–Trinajstić information content (AvgIpc) is 2.52. The molecule has 0 spiro atoms. The molecule has 1 saturated heterocycles. The Kier molecular flexibility index (Phi) is 4.91. The molecule has 0 amide bonds. The van der Waals surface area contributed by atoms with Gasteiger partial charge in [0.25, 0.3) is 0 Å². The maximum atomic E-state index is 12.9. The molecule has 5 nitrogen and oxygen atoms in total. The molecule has 14 heavy (non-hydrogen) atoms. The molecule has 0 aromatic heterocycles. The van der Waals surface area contributed by atoms with Gasteiger partial charge in [0, 0.05) is 4.57 Å². The number of nitrogens with zero attached hydrogens (tertiary/aromatic N) is 1. The van der Waals surface area contributed by atoms with Gasteiger partial charge in [-0.05, 0) is 0 Å². The van der Waals surface area contributed by atoms with Crippen molar-refractivity contribution in [2.75, 3.05) is 19.8 Å². The predicted molar refractivity (Wildman–Crippen MR) is 44.4 cm³/mol. The molecule has 1 aliphatic rings. The Morgan fingerprint density at radius 3 is 3.00 bits per heavy atom. The van der Waals surface area contributed by atoms with Crippen LogP contribution in [0.1, 0.15) is 6.42 Å². The number of halogens is 1. The number of rotatable bonds is 5. The van der Waals surface area contributed by atoms with Gasteiger partial charge in [-0.1, -0.05) is 0 Å². The van der Waals surface area contributed by atoms with E-state index < -0.39 is 20.5 Å². The Bertz CT molecular complexity index is 244. The van der Waals surface area contributed by atoms with Crippen molar-refractivity contribution in [3.05, 3.63) is 0 Å². The van der Waals surface area contributed by atoms with Crippen LogP contribution in [-0.4, -0.2) is 32.1 Å². The highest BCUT2D eigenvalue weighted by Gasteiger charge is 2.37. The minimum atomic E-state index is -2.35. The Morgan fingerprint density at radius 1 is 1.64 bits per heavy atom. The third-order valence-electron chi connectivity index (χ3n) is 1.59. The van der Waals surface area contributed by atoms with E-state index in [1.165, 1.54) is 0 Å². The highest BCUT2D eigenvalue weighted by atomic mass is 31.1. The Morgan fingerprint density at radius 2 is 2.43 bits per heavy atom. The molecule has 0 saturated carbocycles. The summed E-state index contributed by atoms with van der Waals surface area (Å²) in [7, 11) is -2.35. The molecule has 0 N–H and O–H groups in total. The second kappa shape index (κ2) is 5.99. The van der Waals surface area contributed by atoms with Crippen LogP contribution in [0.4, 0.5) is 4.39 Å². The molecule has 78 valence electrons. The summed E-state index contributed by atoms with van der Waals surface area (Å²) < 4.78 is 38.0. The van der Waals surface area contributed by atoms with Crippen LogP contribution in [0.2, 0.25) is 0 Å². The molecule has 1 heterocycles. The highest BCUT2D eigenvalue weighted by molar-refractivity contribution is 7.33. The van der Waals surface area contributed by atoms with E-state index in [0.717, 1.165) is 0 Å². The van der Waals surface area contributed by atoms with Crippen LogP contribution in [0.5, 0.6) is 0 Å². The van der Waals surface area contributed by atoms with Gasteiger partial charge < -0.3 is 4.74 Å². The number of ether oxygens (including phenoxy) is 1. The Labute approximate surface area is 81.7 Å². The fraction of sp³-hybridized carbons (Fsp3) is 0.857. The first-order chi connectivity index (χ1) is 6.74. The van der Waals surface area contributed by atoms with E-state index in [1.807, 2.05) is 6.07 Å². The van der Waals surface area contributed by atoms with Crippen LogP contribution in [0.25, 0.3) is 0 Å². The molecule has 0 aliphatic carbocycles. The van der Waals surface area contributed by atoms with E-state index in [9.17, 15) is 8.96 Å². The minimum absolute atomic E-state index is 0.0240. The monoisotopic (exact) mass is 222 g/mol. The zero-order chi connectivity index (χ0) is 10.4. The molecule has 0 aromatic carbocycles. The second-order valence-electron chi connectivity index (χ2n) is 2.66. The summed E-state index contributed by atoms with van der Waals surface area (Å²) in [5, 5.41) is 8.16. The molecule has 1 aliphatic heterocycles. The van der Waals surface area contributed by atoms with Crippen LogP contribution >= 0.6 is 8.25 Å². The van der Waals surface area contributed by atoms with Gasteiger partial charge in [-0.3, -0.25) is 0 Å². The molecule has 0 aromatic rings. The fourth-order valence-electron chi connectivity index (χ4n) is 0.912. The summed E-state index contributed by atoms with van der Waals surface area (Å²) in [6.07, 6.45) is -1.95. The largest absolute Gasteiger partial charge is 0.697 e. The molecule has 0 bridgehead atoms. The second-order valence-corrected chi connectivity index (χ2v) is 3.58. The molecule has 3 atom stereocenters. The van der Waals surface area contributed by atoms with E-state index in [-0.39, 0.29) is 26.2 Å². The normalized spacial score (nSPS) is 27.3. The zero-order valence-electron chi connectivity index (χ0n) is 7.39. The first-order valence-corrected chi connectivity index (χ1v) is 5.19. The van der Waals surface area contributed by atoms with Gasteiger partial charge in [0.1, 0.15) is 6.61 Å². The van der Waals surface area contributed by atoms with Crippen LogP contribution in [-0.2, 0) is 18.3 Å². The van der Waals surface area contributed by atoms with Gasteiger partial charge in [-0.25, -0.2) is 4.39 Å². The van der Waals surface area contributed by atoms with Gasteiger partial charge in [0.2, 0.25) is 0 Å². The van der Waals surface area contributed by atoms with Crippen molar-refractivity contribution in [3.63, 3.8) is 0 Å². The van der Waals surface area contributed by atoms with Gasteiger partial charge >= 0.3 is 8.25 Å². The summed E-state index contributed by atoms with van der Waals surface area (Å²) in [5.74, 6) is 0. The highest BCUT2D eigenvalue weighted by Crippen LogP contribution is 2.29. The minimum Gasteiger partial charge on any atom is -0.375 e. The Hall–Kier alpha value is -0.600.